The third kappa shape index (κ3) is 2.52. The van der Waals surface area contributed by atoms with Gasteiger partial charge in [-0.3, -0.25) is 0 Å². The van der Waals surface area contributed by atoms with E-state index in [0.29, 0.717) is 10.3 Å². The summed E-state index contributed by atoms with van der Waals surface area (Å²) in [6, 6.07) is 1.57. The fourth-order valence-electron chi connectivity index (χ4n) is 2.07. The number of hydrogen-bond acceptors (Lipinski definition) is 3. The van der Waals surface area contributed by atoms with Gasteiger partial charge in [0.15, 0.2) is 11.6 Å². The van der Waals surface area contributed by atoms with E-state index >= 15 is 0 Å². The van der Waals surface area contributed by atoms with Crippen LogP contribution in [0.15, 0.2) is 16.7 Å². The molecule has 1 aliphatic rings. The van der Waals surface area contributed by atoms with Crippen molar-refractivity contribution in [2.45, 2.75) is 31.4 Å². The van der Waals surface area contributed by atoms with Crippen molar-refractivity contribution in [2.24, 2.45) is 0 Å². The Morgan fingerprint density at radius 2 is 2.38 bits per heavy atom. The van der Waals surface area contributed by atoms with Gasteiger partial charge in [-0.15, -0.1) is 0 Å². The molecule has 0 amide bonds. The first kappa shape index (κ1) is 11.8. The van der Waals surface area contributed by atoms with E-state index in [1.807, 2.05) is 0 Å². The lowest BCUT2D eigenvalue weighted by Gasteiger charge is -2.20. The molecule has 0 radical (unpaired) electrons. The molecule has 1 N–H and O–H groups in total. The van der Waals surface area contributed by atoms with Crippen molar-refractivity contribution in [1.29, 1.82) is 0 Å². The molecule has 2 rings (SSSR count). The van der Waals surface area contributed by atoms with Crippen molar-refractivity contribution in [3.63, 3.8) is 0 Å². The number of nitrogens with one attached hydrogen (secondary N) is 1. The first-order valence-electron chi connectivity index (χ1n) is 5.31. The van der Waals surface area contributed by atoms with Crippen molar-refractivity contribution in [3.05, 3.63) is 22.6 Å². The molecule has 2 atom stereocenters. The van der Waals surface area contributed by atoms with E-state index in [9.17, 15) is 4.39 Å². The minimum Gasteiger partial charge on any atom is -0.379 e. The monoisotopic (exact) mass is 288 g/mol. The molecule has 1 aromatic heterocycles. The lowest BCUT2D eigenvalue weighted by molar-refractivity contribution is 0.101. The smallest absolute Gasteiger partial charge is 0.166 e. The van der Waals surface area contributed by atoms with E-state index in [0.717, 1.165) is 19.3 Å². The minimum absolute atomic E-state index is 0.157. The predicted molar refractivity (Wildman–Crippen MR) is 64.0 cm³/mol. The van der Waals surface area contributed by atoms with Crippen LogP contribution in [0, 0.1) is 5.82 Å². The molecule has 0 aromatic carbocycles. The van der Waals surface area contributed by atoms with Crippen LogP contribution in [0.4, 0.5) is 10.2 Å². The fraction of sp³-hybridized carbons (Fsp3) is 0.545. The van der Waals surface area contributed by atoms with E-state index in [1.54, 1.807) is 13.3 Å². The SMILES string of the molecule is COC1CCCC1Nc1ncc(Br)cc1F. The summed E-state index contributed by atoms with van der Waals surface area (Å²) in [5.41, 5.74) is 0. The molecule has 88 valence electrons. The second-order valence-corrected chi connectivity index (χ2v) is 4.86. The van der Waals surface area contributed by atoms with Gasteiger partial charge in [-0.25, -0.2) is 9.37 Å². The Kier molecular flexibility index (Phi) is 3.76. The summed E-state index contributed by atoms with van der Waals surface area (Å²) < 4.78 is 19.5. The molecule has 3 nitrogen and oxygen atoms in total. The molecular weight excluding hydrogens is 275 g/mol. The maximum Gasteiger partial charge on any atom is 0.166 e. The number of aromatic nitrogens is 1. The normalized spacial score (nSPS) is 24.7. The zero-order valence-corrected chi connectivity index (χ0v) is 10.6. The van der Waals surface area contributed by atoms with E-state index in [-0.39, 0.29) is 18.0 Å². The van der Waals surface area contributed by atoms with Crippen molar-refractivity contribution in [2.75, 3.05) is 12.4 Å². The molecule has 1 saturated carbocycles. The Morgan fingerprint density at radius 1 is 1.56 bits per heavy atom. The van der Waals surface area contributed by atoms with Gasteiger partial charge in [-0.2, -0.15) is 0 Å². The first-order valence-corrected chi connectivity index (χ1v) is 6.10. The highest BCUT2D eigenvalue weighted by molar-refractivity contribution is 9.10. The standard InChI is InChI=1S/C11H14BrFN2O/c1-16-10-4-2-3-9(10)15-11-8(13)5-7(12)6-14-11/h5-6,9-10H,2-4H2,1H3,(H,14,15). The summed E-state index contributed by atoms with van der Waals surface area (Å²) in [6.07, 6.45) is 4.86. The van der Waals surface area contributed by atoms with Gasteiger partial charge >= 0.3 is 0 Å². The van der Waals surface area contributed by atoms with Crippen LogP contribution >= 0.6 is 15.9 Å². The number of ether oxygens (including phenoxy) is 1. The summed E-state index contributed by atoms with van der Waals surface area (Å²) in [6.45, 7) is 0. The minimum atomic E-state index is -0.337. The lowest BCUT2D eigenvalue weighted by Crippen LogP contribution is -2.30. The Labute approximate surface area is 103 Å². The largest absolute Gasteiger partial charge is 0.379 e. The zero-order valence-electron chi connectivity index (χ0n) is 9.04. The number of anilines is 1. The molecular formula is C11H14BrFN2O. The van der Waals surface area contributed by atoms with Crippen LogP contribution < -0.4 is 5.32 Å². The molecule has 0 spiro atoms. The Hall–Kier alpha value is -0.680. The second-order valence-electron chi connectivity index (χ2n) is 3.94. The highest BCUT2D eigenvalue weighted by Crippen LogP contribution is 2.26. The molecule has 1 aromatic rings. The Bertz CT molecular complexity index is 375. The molecule has 0 aliphatic heterocycles. The van der Waals surface area contributed by atoms with E-state index < -0.39 is 0 Å². The van der Waals surface area contributed by atoms with Crippen LogP contribution in [0.5, 0.6) is 0 Å². The first-order chi connectivity index (χ1) is 7.70. The molecule has 1 heterocycles. The Morgan fingerprint density at radius 3 is 3.06 bits per heavy atom. The lowest BCUT2D eigenvalue weighted by atomic mass is 10.2. The summed E-state index contributed by atoms with van der Waals surface area (Å²) in [5.74, 6) is -0.0340. The van der Waals surface area contributed by atoms with Crippen LogP contribution in [-0.2, 0) is 4.74 Å². The number of pyridine rings is 1. The van der Waals surface area contributed by atoms with Gasteiger partial charge < -0.3 is 10.1 Å². The molecule has 1 fully saturated rings. The van der Waals surface area contributed by atoms with Gasteiger partial charge in [-0.1, -0.05) is 0 Å². The van der Waals surface area contributed by atoms with Crippen molar-refractivity contribution >= 4 is 21.7 Å². The van der Waals surface area contributed by atoms with E-state index in [1.165, 1.54) is 6.07 Å². The average Bonchev–Trinajstić information content (AvgIpc) is 2.69. The van der Waals surface area contributed by atoms with Crippen LogP contribution in [0.2, 0.25) is 0 Å². The van der Waals surface area contributed by atoms with Gasteiger partial charge in [0.2, 0.25) is 0 Å². The quantitative estimate of drug-likeness (QED) is 0.929. The average molecular weight is 289 g/mol. The summed E-state index contributed by atoms with van der Waals surface area (Å²) in [4.78, 5) is 4.02. The summed E-state index contributed by atoms with van der Waals surface area (Å²) in [7, 11) is 1.69. The maximum absolute atomic E-state index is 13.5. The highest BCUT2D eigenvalue weighted by atomic mass is 79.9. The van der Waals surface area contributed by atoms with Gasteiger partial charge in [0.1, 0.15) is 0 Å². The highest BCUT2D eigenvalue weighted by Gasteiger charge is 2.27. The molecule has 5 heteroatoms. The van der Waals surface area contributed by atoms with E-state index in [2.05, 4.69) is 26.2 Å². The summed E-state index contributed by atoms with van der Waals surface area (Å²) in [5, 5.41) is 3.11. The maximum atomic E-state index is 13.5. The third-order valence-electron chi connectivity index (χ3n) is 2.89. The number of methoxy groups -OCH3 is 1. The van der Waals surface area contributed by atoms with Crippen molar-refractivity contribution in [1.82, 2.24) is 4.98 Å². The fourth-order valence-corrected chi connectivity index (χ4v) is 2.37. The van der Waals surface area contributed by atoms with Crippen LogP contribution in [0.25, 0.3) is 0 Å². The van der Waals surface area contributed by atoms with Gasteiger partial charge in [0, 0.05) is 17.8 Å². The summed E-state index contributed by atoms with van der Waals surface area (Å²) >= 11 is 3.18. The molecule has 0 saturated heterocycles. The molecule has 2 unspecified atom stereocenters. The van der Waals surface area contributed by atoms with Crippen LogP contribution in [-0.4, -0.2) is 24.2 Å². The van der Waals surface area contributed by atoms with Crippen molar-refractivity contribution in [3.8, 4) is 0 Å². The van der Waals surface area contributed by atoms with Gasteiger partial charge in [0.25, 0.3) is 0 Å². The number of hydrogen-bond donors (Lipinski definition) is 1. The number of nitrogens with zero attached hydrogens (tertiary/aromatic N) is 1. The molecule has 0 bridgehead atoms. The zero-order chi connectivity index (χ0) is 11.5. The van der Waals surface area contributed by atoms with Crippen LogP contribution in [0.3, 0.4) is 0 Å². The third-order valence-corrected chi connectivity index (χ3v) is 3.32. The Balaban J connectivity index is 2.08. The topological polar surface area (TPSA) is 34.1 Å². The molecule has 16 heavy (non-hydrogen) atoms. The van der Waals surface area contributed by atoms with Crippen molar-refractivity contribution < 1.29 is 9.13 Å². The van der Waals surface area contributed by atoms with Crippen LogP contribution in [0.1, 0.15) is 19.3 Å². The predicted octanol–water partition coefficient (Wildman–Crippen LogP) is 2.96. The number of rotatable bonds is 3. The second kappa shape index (κ2) is 5.10. The van der Waals surface area contributed by atoms with E-state index in [4.69, 9.17) is 4.74 Å². The number of halogens is 2. The molecule has 1 aliphatic carbocycles. The van der Waals surface area contributed by atoms with Gasteiger partial charge in [-0.05, 0) is 41.3 Å². The van der Waals surface area contributed by atoms with Gasteiger partial charge in [0.05, 0.1) is 12.1 Å².